The number of nitrogens with zero attached hydrogens (tertiary/aromatic N) is 4. The molecule has 0 radical (unpaired) electrons. The molecule has 0 aliphatic carbocycles. The summed E-state index contributed by atoms with van der Waals surface area (Å²) in [5.74, 6) is 1.18. The molecule has 3 aromatic rings. The van der Waals surface area contributed by atoms with E-state index in [9.17, 15) is 4.39 Å². The highest BCUT2D eigenvalue weighted by atomic mass is 19.1. The van der Waals surface area contributed by atoms with Crippen LogP contribution >= 0.6 is 0 Å². The number of nitrogen functional groups attached to an aromatic ring is 1. The maximum Gasteiger partial charge on any atom is 0.257 e. The Bertz CT molecular complexity index is 1060. The van der Waals surface area contributed by atoms with Crippen LogP contribution in [0.15, 0.2) is 36.9 Å². The van der Waals surface area contributed by atoms with E-state index in [4.69, 9.17) is 15.2 Å². The van der Waals surface area contributed by atoms with Crippen LogP contribution in [0.1, 0.15) is 25.8 Å². The van der Waals surface area contributed by atoms with Crippen molar-refractivity contribution in [2.75, 3.05) is 30.8 Å². The van der Waals surface area contributed by atoms with E-state index in [0.29, 0.717) is 48.5 Å². The van der Waals surface area contributed by atoms with Gasteiger partial charge in [0, 0.05) is 41.5 Å². The van der Waals surface area contributed by atoms with Crippen molar-refractivity contribution in [3.05, 3.63) is 48.4 Å². The Kier molecular flexibility index (Phi) is 5.35. The number of fused-ring (bicyclic) bond motifs is 1. The second kappa shape index (κ2) is 8.10. The van der Waals surface area contributed by atoms with Gasteiger partial charge in [-0.3, -0.25) is 0 Å². The van der Waals surface area contributed by atoms with Crippen LogP contribution in [-0.4, -0.2) is 39.7 Å². The Labute approximate surface area is 173 Å². The number of aromatic nitrogens is 4. The molecule has 0 amide bonds. The van der Waals surface area contributed by atoms with Crippen molar-refractivity contribution >= 4 is 11.5 Å². The maximum atomic E-state index is 13.4. The van der Waals surface area contributed by atoms with E-state index < -0.39 is 5.95 Å². The SMILES string of the molecule is CCC(C)(CNc1cc(-c2cnc(F)c(N)c2)ncn1)c1ccnc2c1OCCO2. The van der Waals surface area contributed by atoms with E-state index in [2.05, 4.69) is 39.1 Å². The molecule has 3 N–H and O–H groups in total. The molecule has 4 heterocycles. The lowest BCUT2D eigenvalue weighted by atomic mass is 9.79. The van der Waals surface area contributed by atoms with E-state index >= 15 is 0 Å². The molecule has 156 valence electrons. The number of hydrogen-bond acceptors (Lipinski definition) is 8. The largest absolute Gasteiger partial charge is 0.484 e. The summed E-state index contributed by atoms with van der Waals surface area (Å²) in [5.41, 5.74) is 7.60. The first-order chi connectivity index (χ1) is 14.5. The highest BCUT2D eigenvalue weighted by Gasteiger charge is 2.31. The number of hydrogen-bond donors (Lipinski definition) is 2. The predicted octanol–water partition coefficient (Wildman–Crippen LogP) is 3.21. The molecule has 0 fully saturated rings. The first kappa shape index (κ1) is 19.8. The van der Waals surface area contributed by atoms with Gasteiger partial charge in [-0.1, -0.05) is 13.8 Å². The topological polar surface area (TPSA) is 108 Å². The van der Waals surface area contributed by atoms with Crippen LogP contribution in [0, 0.1) is 5.95 Å². The lowest BCUT2D eigenvalue weighted by molar-refractivity contribution is 0.160. The van der Waals surface area contributed by atoms with Gasteiger partial charge in [-0.15, -0.1) is 0 Å². The normalized spacial score (nSPS) is 14.8. The summed E-state index contributed by atoms with van der Waals surface area (Å²) in [4.78, 5) is 16.5. The standard InChI is InChI=1S/C21H23FN6O2/c1-3-21(2,14-4-5-24-20-18(14)29-6-7-30-20)11-26-17-9-16(27-12-28-17)13-8-15(23)19(22)25-10-13/h4-5,8-10,12H,3,6-7,11,23H2,1-2H3,(H,26,27,28). The van der Waals surface area contributed by atoms with Gasteiger partial charge in [-0.2, -0.15) is 4.39 Å². The van der Waals surface area contributed by atoms with Gasteiger partial charge in [0.2, 0.25) is 5.95 Å². The van der Waals surface area contributed by atoms with E-state index in [1.165, 1.54) is 18.6 Å². The van der Waals surface area contributed by atoms with Crippen LogP contribution < -0.4 is 20.5 Å². The minimum atomic E-state index is -0.697. The van der Waals surface area contributed by atoms with Gasteiger partial charge in [0.1, 0.15) is 25.4 Å². The number of halogens is 1. The highest BCUT2D eigenvalue weighted by Crippen LogP contribution is 2.40. The van der Waals surface area contributed by atoms with Gasteiger partial charge >= 0.3 is 0 Å². The van der Waals surface area contributed by atoms with E-state index in [0.717, 1.165) is 12.0 Å². The fourth-order valence-electron chi connectivity index (χ4n) is 3.34. The smallest absolute Gasteiger partial charge is 0.257 e. The molecule has 9 heteroatoms. The molecule has 3 aromatic heterocycles. The zero-order valence-corrected chi connectivity index (χ0v) is 16.9. The van der Waals surface area contributed by atoms with E-state index in [1.54, 1.807) is 12.3 Å². The molecule has 1 unspecified atom stereocenters. The molecule has 0 spiro atoms. The molecular formula is C21H23FN6O2. The fourth-order valence-corrected chi connectivity index (χ4v) is 3.34. The lowest BCUT2D eigenvalue weighted by Gasteiger charge is -2.32. The molecule has 1 atom stereocenters. The fraction of sp³-hybridized carbons (Fsp3) is 0.333. The summed E-state index contributed by atoms with van der Waals surface area (Å²) in [6, 6.07) is 5.26. The lowest BCUT2D eigenvalue weighted by Crippen LogP contribution is -2.32. The molecule has 30 heavy (non-hydrogen) atoms. The van der Waals surface area contributed by atoms with Gasteiger partial charge in [0.05, 0.1) is 11.4 Å². The Balaban J connectivity index is 1.57. The number of pyridine rings is 2. The maximum absolute atomic E-state index is 13.4. The van der Waals surface area contributed by atoms with Crippen LogP contribution in [-0.2, 0) is 5.41 Å². The van der Waals surface area contributed by atoms with E-state index in [1.807, 2.05) is 6.07 Å². The summed E-state index contributed by atoms with van der Waals surface area (Å²) < 4.78 is 24.9. The summed E-state index contributed by atoms with van der Waals surface area (Å²) >= 11 is 0. The first-order valence-corrected chi connectivity index (χ1v) is 9.72. The van der Waals surface area contributed by atoms with Crippen molar-refractivity contribution in [2.24, 2.45) is 0 Å². The van der Waals surface area contributed by atoms with Crippen molar-refractivity contribution in [3.8, 4) is 22.9 Å². The molecule has 4 rings (SSSR count). The highest BCUT2D eigenvalue weighted by molar-refractivity contribution is 5.65. The van der Waals surface area contributed by atoms with Crippen LogP contribution in [0.4, 0.5) is 15.9 Å². The third kappa shape index (κ3) is 3.83. The zero-order valence-electron chi connectivity index (χ0n) is 16.9. The monoisotopic (exact) mass is 410 g/mol. The van der Waals surface area contributed by atoms with E-state index in [-0.39, 0.29) is 11.1 Å². The third-order valence-corrected chi connectivity index (χ3v) is 5.36. The molecule has 1 aliphatic heterocycles. The molecular weight excluding hydrogens is 387 g/mol. The quantitative estimate of drug-likeness (QED) is 0.597. The molecule has 0 saturated carbocycles. The number of rotatable bonds is 6. The molecule has 1 aliphatic rings. The van der Waals surface area contributed by atoms with Crippen molar-refractivity contribution in [3.63, 3.8) is 0 Å². The van der Waals surface area contributed by atoms with Crippen LogP contribution in [0.5, 0.6) is 11.6 Å². The Morgan fingerprint density at radius 2 is 2.00 bits per heavy atom. The molecule has 0 bridgehead atoms. The van der Waals surface area contributed by atoms with Gasteiger partial charge < -0.3 is 20.5 Å². The van der Waals surface area contributed by atoms with Crippen molar-refractivity contribution in [2.45, 2.75) is 25.7 Å². The number of ether oxygens (including phenoxy) is 2. The van der Waals surface area contributed by atoms with Gasteiger partial charge in [-0.05, 0) is 18.6 Å². The minimum Gasteiger partial charge on any atom is -0.484 e. The first-order valence-electron chi connectivity index (χ1n) is 9.72. The Morgan fingerprint density at radius 3 is 2.80 bits per heavy atom. The van der Waals surface area contributed by atoms with Crippen molar-refractivity contribution < 1.29 is 13.9 Å². The number of nitrogens with two attached hydrogens (primary N) is 1. The molecule has 0 saturated heterocycles. The Hall–Kier alpha value is -3.49. The minimum absolute atomic E-state index is 0.0242. The number of nitrogens with one attached hydrogen (secondary N) is 1. The van der Waals surface area contributed by atoms with Gasteiger partial charge in [0.25, 0.3) is 5.88 Å². The summed E-state index contributed by atoms with van der Waals surface area (Å²) in [6.07, 6.45) is 5.45. The zero-order chi connectivity index (χ0) is 21.1. The summed E-state index contributed by atoms with van der Waals surface area (Å²) in [7, 11) is 0. The van der Waals surface area contributed by atoms with Crippen LogP contribution in [0.3, 0.4) is 0 Å². The Morgan fingerprint density at radius 1 is 1.17 bits per heavy atom. The average molecular weight is 410 g/mol. The summed E-state index contributed by atoms with van der Waals surface area (Å²) in [6.45, 7) is 5.88. The third-order valence-electron chi connectivity index (χ3n) is 5.36. The van der Waals surface area contributed by atoms with Crippen molar-refractivity contribution in [1.29, 1.82) is 0 Å². The second-order valence-corrected chi connectivity index (χ2v) is 7.35. The van der Waals surface area contributed by atoms with Crippen LogP contribution in [0.2, 0.25) is 0 Å². The van der Waals surface area contributed by atoms with Gasteiger partial charge in [0.15, 0.2) is 5.75 Å². The van der Waals surface area contributed by atoms with Crippen LogP contribution in [0.25, 0.3) is 11.3 Å². The summed E-state index contributed by atoms with van der Waals surface area (Å²) in [5, 5.41) is 3.38. The van der Waals surface area contributed by atoms with Gasteiger partial charge in [-0.25, -0.2) is 19.9 Å². The second-order valence-electron chi connectivity index (χ2n) is 7.35. The van der Waals surface area contributed by atoms with Crippen molar-refractivity contribution in [1.82, 2.24) is 19.9 Å². The predicted molar refractivity (Wildman–Crippen MR) is 111 cm³/mol. The molecule has 8 nitrogen and oxygen atoms in total. The molecule has 0 aromatic carbocycles. The number of anilines is 2. The average Bonchev–Trinajstić information content (AvgIpc) is 2.79.